The van der Waals surface area contributed by atoms with E-state index in [2.05, 4.69) is 0 Å². The molecule has 24 heavy (non-hydrogen) atoms. The molecule has 5 nitrogen and oxygen atoms in total. The summed E-state index contributed by atoms with van der Waals surface area (Å²) in [5, 5.41) is 1.91. The predicted octanol–water partition coefficient (Wildman–Crippen LogP) is 2.80. The number of ether oxygens (including phenoxy) is 1. The Balaban J connectivity index is 1.77. The number of piperidine rings is 1. The molecule has 0 saturated carbocycles. The third-order valence-corrected chi connectivity index (χ3v) is 6.33. The van der Waals surface area contributed by atoms with Crippen LogP contribution in [0, 0.1) is 5.92 Å². The number of nitrogens with zero attached hydrogens (tertiary/aromatic N) is 1. The summed E-state index contributed by atoms with van der Waals surface area (Å²) < 4.78 is 32.2. The predicted molar refractivity (Wildman–Crippen MR) is 92.1 cm³/mol. The second kappa shape index (κ2) is 6.91. The molecule has 3 rings (SSSR count). The molecule has 0 spiro atoms. The van der Waals surface area contributed by atoms with Crippen molar-refractivity contribution in [3.05, 3.63) is 42.5 Å². The van der Waals surface area contributed by atoms with Gasteiger partial charge < -0.3 is 4.74 Å². The number of hydrogen-bond acceptors (Lipinski definition) is 4. The molecule has 1 aliphatic rings. The Morgan fingerprint density at radius 1 is 1.12 bits per heavy atom. The summed E-state index contributed by atoms with van der Waals surface area (Å²) >= 11 is 0. The van der Waals surface area contributed by atoms with Crippen LogP contribution in [0.1, 0.15) is 19.8 Å². The Bertz CT molecular complexity index is 839. The normalized spacial score (nSPS) is 17.0. The smallest absolute Gasteiger partial charge is 0.309 e. The lowest BCUT2D eigenvalue weighted by Crippen LogP contribution is -2.40. The summed E-state index contributed by atoms with van der Waals surface area (Å²) in [5.41, 5.74) is 0. The molecule has 0 aromatic heterocycles. The molecular weight excluding hydrogens is 326 g/mol. The van der Waals surface area contributed by atoms with Crippen LogP contribution in [0.15, 0.2) is 47.4 Å². The Hall–Kier alpha value is -1.92. The molecule has 0 amide bonds. The molecule has 1 saturated heterocycles. The highest BCUT2D eigenvalue weighted by atomic mass is 32.2. The maximum Gasteiger partial charge on any atom is 0.309 e. The molecule has 1 aliphatic heterocycles. The number of fused-ring (bicyclic) bond motifs is 1. The number of carbonyl (C=O) groups is 1. The molecular formula is C18H21NO4S. The molecule has 2 aromatic carbocycles. The Morgan fingerprint density at radius 2 is 1.79 bits per heavy atom. The van der Waals surface area contributed by atoms with Crippen molar-refractivity contribution in [3.8, 4) is 0 Å². The molecule has 0 unspecified atom stereocenters. The fourth-order valence-corrected chi connectivity index (χ4v) is 4.57. The molecule has 0 N–H and O–H groups in total. The summed E-state index contributed by atoms with van der Waals surface area (Å²) in [6.07, 6.45) is 1.01. The van der Waals surface area contributed by atoms with E-state index in [0.29, 0.717) is 37.4 Å². The first-order valence-corrected chi connectivity index (χ1v) is 9.62. The van der Waals surface area contributed by atoms with Crippen LogP contribution >= 0.6 is 0 Å². The third kappa shape index (κ3) is 3.30. The van der Waals surface area contributed by atoms with Gasteiger partial charge in [0.15, 0.2) is 0 Å². The lowest BCUT2D eigenvalue weighted by Gasteiger charge is -2.30. The van der Waals surface area contributed by atoms with Gasteiger partial charge in [0.1, 0.15) is 0 Å². The maximum atomic E-state index is 12.8. The number of sulfonamides is 1. The van der Waals surface area contributed by atoms with E-state index in [1.807, 2.05) is 30.3 Å². The fraction of sp³-hybridized carbons (Fsp3) is 0.389. The molecule has 2 aromatic rings. The zero-order valence-electron chi connectivity index (χ0n) is 13.6. The Morgan fingerprint density at radius 3 is 2.46 bits per heavy atom. The highest BCUT2D eigenvalue weighted by Gasteiger charge is 2.32. The monoisotopic (exact) mass is 347 g/mol. The summed E-state index contributed by atoms with van der Waals surface area (Å²) in [5.74, 6) is -0.423. The second-order valence-electron chi connectivity index (χ2n) is 5.94. The standard InChI is InChI=1S/C18H21NO4S/c1-2-23-18(20)15-9-11-19(12-10-15)24(21,22)17-8-7-14-5-3-4-6-16(14)13-17/h3-8,13,15H,2,9-12H2,1H3. The number of benzene rings is 2. The van der Waals surface area contributed by atoms with E-state index in [1.54, 1.807) is 19.1 Å². The van der Waals surface area contributed by atoms with Crippen LogP contribution in [0.3, 0.4) is 0 Å². The Kier molecular flexibility index (Phi) is 4.87. The zero-order chi connectivity index (χ0) is 17.2. The van der Waals surface area contributed by atoms with Crippen LogP contribution in [0.4, 0.5) is 0 Å². The number of hydrogen-bond donors (Lipinski definition) is 0. The van der Waals surface area contributed by atoms with Crippen LogP contribution in [-0.2, 0) is 19.6 Å². The average Bonchev–Trinajstić information content (AvgIpc) is 2.61. The van der Waals surface area contributed by atoms with Crippen LogP contribution < -0.4 is 0 Å². The van der Waals surface area contributed by atoms with E-state index >= 15 is 0 Å². The molecule has 1 heterocycles. The second-order valence-corrected chi connectivity index (χ2v) is 7.88. The third-order valence-electron chi connectivity index (χ3n) is 4.43. The highest BCUT2D eigenvalue weighted by molar-refractivity contribution is 7.89. The fourth-order valence-electron chi connectivity index (χ4n) is 3.07. The average molecular weight is 347 g/mol. The lowest BCUT2D eigenvalue weighted by atomic mass is 9.98. The minimum absolute atomic E-state index is 0.201. The van der Waals surface area contributed by atoms with Crippen molar-refractivity contribution in [2.75, 3.05) is 19.7 Å². The molecule has 0 bridgehead atoms. The van der Waals surface area contributed by atoms with Crippen molar-refractivity contribution in [2.45, 2.75) is 24.7 Å². The topological polar surface area (TPSA) is 63.7 Å². The lowest BCUT2D eigenvalue weighted by molar-refractivity contribution is -0.149. The number of esters is 1. The minimum Gasteiger partial charge on any atom is -0.466 e. The molecule has 0 radical (unpaired) electrons. The maximum absolute atomic E-state index is 12.8. The largest absolute Gasteiger partial charge is 0.466 e. The number of rotatable bonds is 4. The van der Waals surface area contributed by atoms with E-state index in [1.165, 1.54) is 4.31 Å². The van der Waals surface area contributed by atoms with E-state index < -0.39 is 10.0 Å². The van der Waals surface area contributed by atoms with Crippen molar-refractivity contribution in [3.63, 3.8) is 0 Å². The van der Waals surface area contributed by atoms with E-state index in [-0.39, 0.29) is 11.9 Å². The molecule has 6 heteroatoms. The van der Waals surface area contributed by atoms with Crippen molar-refractivity contribution in [2.24, 2.45) is 5.92 Å². The van der Waals surface area contributed by atoms with E-state index in [9.17, 15) is 13.2 Å². The van der Waals surface area contributed by atoms with Gasteiger partial charge in [-0.25, -0.2) is 8.42 Å². The SMILES string of the molecule is CCOC(=O)C1CCN(S(=O)(=O)c2ccc3ccccc3c2)CC1. The first-order chi connectivity index (χ1) is 11.5. The van der Waals surface area contributed by atoms with E-state index in [4.69, 9.17) is 4.74 Å². The molecule has 0 aliphatic carbocycles. The van der Waals surface area contributed by atoms with Gasteiger partial charge in [-0.2, -0.15) is 4.31 Å². The quantitative estimate of drug-likeness (QED) is 0.798. The van der Waals surface area contributed by atoms with Gasteiger partial charge in [0.25, 0.3) is 0 Å². The van der Waals surface area contributed by atoms with Gasteiger partial charge in [-0.15, -0.1) is 0 Å². The van der Waals surface area contributed by atoms with Crippen LogP contribution in [0.2, 0.25) is 0 Å². The van der Waals surface area contributed by atoms with Crippen molar-refractivity contribution < 1.29 is 17.9 Å². The number of carbonyl (C=O) groups excluding carboxylic acids is 1. The van der Waals surface area contributed by atoms with Crippen molar-refractivity contribution in [1.29, 1.82) is 0 Å². The molecule has 0 atom stereocenters. The van der Waals surface area contributed by atoms with Gasteiger partial charge in [-0.05, 0) is 42.7 Å². The molecule has 128 valence electrons. The van der Waals surface area contributed by atoms with Crippen molar-refractivity contribution in [1.82, 2.24) is 4.31 Å². The first kappa shape index (κ1) is 16.9. The van der Waals surface area contributed by atoms with Gasteiger partial charge in [0, 0.05) is 13.1 Å². The van der Waals surface area contributed by atoms with Gasteiger partial charge >= 0.3 is 5.97 Å². The zero-order valence-corrected chi connectivity index (χ0v) is 14.5. The van der Waals surface area contributed by atoms with Gasteiger partial charge in [0.05, 0.1) is 17.4 Å². The van der Waals surface area contributed by atoms with Crippen LogP contribution in [0.25, 0.3) is 10.8 Å². The summed E-state index contributed by atoms with van der Waals surface area (Å²) in [6.45, 7) is 2.82. The van der Waals surface area contributed by atoms with E-state index in [0.717, 1.165) is 10.8 Å². The van der Waals surface area contributed by atoms with Gasteiger partial charge in [0.2, 0.25) is 10.0 Å². The first-order valence-electron chi connectivity index (χ1n) is 8.18. The van der Waals surface area contributed by atoms with Crippen LogP contribution in [0.5, 0.6) is 0 Å². The summed E-state index contributed by atoms with van der Waals surface area (Å²) in [6, 6.07) is 12.9. The minimum atomic E-state index is -3.53. The van der Waals surface area contributed by atoms with Gasteiger partial charge in [-0.1, -0.05) is 30.3 Å². The summed E-state index contributed by atoms with van der Waals surface area (Å²) in [4.78, 5) is 12.1. The van der Waals surface area contributed by atoms with Crippen LogP contribution in [-0.4, -0.2) is 38.4 Å². The van der Waals surface area contributed by atoms with Crippen molar-refractivity contribution >= 4 is 26.8 Å². The van der Waals surface area contributed by atoms with Gasteiger partial charge in [-0.3, -0.25) is 4.79 Å². The highest BCUT2D eigenvalue weighted by Crippen LogP contribution is 2.26. The summed E-state index contributed by atoms with van der Waals surface area (Å²) in [7, 11) is -3.53. The Labute approximate surface area is 142 Å². The molecule has 1 fully saturated rings.